The van der Waals surface area contributed by atoms with Crippen LogP contribution in [-0.4, -0.2) is 49.1 Å². The van der Waals surface area contributed by atoms with Crippen molar-refractivity contribution in [1.29, 1.82) is 0 Å². The first kappa shape index (κ1) is 19.6. The lowest BCUT2D eigenvalue weighted by molar-refractivity contribution is -0.131. The molecule has 2 aromatic rings. The second kappa shape index (κ2) is 9.15. The molecule has 1 aromatic heterocycles. The third kappa shape index (κ3) is 4.57. The standard InChI is InChI=1S/C21H29N3O3/c1-15(2)20-19(16-8-5-4-6-9-16)23-21(27-20)17-10-7-12-24(17)18(25)14-22-11-13-26-3/h4-6,8-9,15,17,22H,7,10-14H2,1-3H3. The number of hydrogen-bond acceptors (Lipinski definition) is 5. The Morgan fingerprint density at radius 1 is 1.37 bits per heavy atom. The molecule has 1 aromatic carbocycles. The van der Waals surface area contributed by atoms with Crippen LogP contribution in [0.2, 0.25) is 0 Å². The van der Waals surface area contributed by atoms with E-state index in [1.165, 1.54) is 0 Å². The Balaban J connectivity index is 1.79. The summed E-state index contributed by atoms with van der Waals surface area (Å²) in [6.45, 7) is 6.52. The third-order valence-corrected chi connectivity index (χ3v) is 4.86. The van der Waals surface area contributed by atoms with Crippen molar-refractivity contribution in [2.24, 2.45) is 0 Å². The molecule has 0 bridgehead atoms. The predicted octanol–water partition coefficient (Wildman–Crippen LogP) is 3.36. The minimum atomic E-state index is -0.0864. The maximum absolute atomic E-state index is 12.6. The number of amides is 1. The lowest BCUT2D eigenvalue weighted by Crippen LogP contribution is -2.38. The van der Waals surface area contributed by atoms with E-state index in [-0.39, 0.29) is 17.9 Å². The van der Waals surface area contributed by atoms with Crippen molar-refractivity contribution < 1.29 is 13.9 Å². The SMILES string of the molecule is COCCNCC(=O)N1CCCC1c1nc(-c2ccccc2)c(C(C)C)o1. The number of benzene rings is 1. The molecule has 1 aliphatic rings. The van der Waals surface area contributed by atoms with Gasteiger partial charge in [0.25, 0.3) is 0 Å². The number of aromatic nitrogens is 1. The highest BCUT2D eigenvalue weighted by Crippen LogP contribution is 2.37. The van der Waals surface area contributed by atoms with Gasteiger partial charge in [-0.2, -0.15) is 0 Å². The van der Waals surface area contributed by atoms with E-state index in [4.69, 9.17) is 14.1 Å². The van der Waals surface area contributed by atoms with Gasteiger partial charge >= 0.3 is 0 Å². The molecule has 1 N–H and O–H groups in total. The van der Waals surface area contributed by atoms with Crippen molar-refractivity contribution in [3.8, 4) is 11.3 Å². The number of methoxy groups -OCH3 is 1. The lowest BCUT2D eigenvalue weighted by atomic mass is 10.0. The zero-order valence-corrected chi connectivity index (χ0v) is 16.4. The van der Waals surface area contributed by atoms with E-state index in [2.05, 4.69) is 19.2 Å². The molecule has 27 heavy (non-hydrogen) atoms. The van der Waals surface area contributed by atoms with Gasteiger partial charge in [-0.25, -0.2) is 4.98 Å². The summed E-state index contributed by atoms with van der Waals surface area (Å²) in [5, 5.41) is 3.13. The highest BCUT2D eigenvalue weighted by Gasteiger charge is 2.34. The Hall–Kier alpha value is -2.18. The van der Waals surface area contributed by atoms with E-state index in [1.807, 2.05) is 35.2 Å². The van der Waals surface area contributed by atoms with Crippen LogP contribution < -0.4 is 5.32 Å². The summed E-state index contributed by atoms with van der Waals surface area (Å²) in [5.74, 6) is 1.84. The van der Waals surface area contributed by atoms with Crippen LogP contribution in [0.1, 0.15) is 50.3 Å². The molecular formula is C21H29N3O3. The second-order valence-electron chi connectivity index (χ2n) is 7.20. The van der Waals surface area contributed by atoms with Crippen LogP contribution in [-0.2, 0) is 9.53 Å². The van der Waals surface area contributed by atoms with Crippen LogP contribution in [0.3, 0.4) is 0 Å². The zero-order valence-electron chi connectivity index (χ0n) is 16.4. The molecule has 1 aliphatic heterocycles. The fourth-order valence-electron chi connectivity index (χ4n) is 3.48. The highest BCUT2D eigenvalue weighted by molar-refractivity contribution is 5.79. The Bertz CT molecular complexity index is 742. The Morgan fingerprint density at radius 2 is 2.15 bits per heavy atom. The van der Waals surface area contributed by atoms with Crippen LogP contribution in [0.15, 0.2) is 34.7 Å². The van der Waals surface area contributed by atoms with Crippen molar-refractivity contribution in [3.63, 3.8) is 0 Å². The molecule has 1 amide bonds. The molecule has 0 radical (unpaired) electrons. The van der Waals surface area contributed by atoms with Gasteiger partial charge in [0.05, 0.1) is 13.2 Å². The maximum Gasteiger partial charge on any atom is 0.237 e. The lowest BCUT2D eigenvalue weighted by Gasteiger charge is -2.22. The topological polar surface area (TPSA) is 67.6 Å². The number of nitrogens with one attached hydrogen (secondary N) is 1. The summed E-state index contributed by atoms with van der Waals surface area (Å²) in [6.07, 6.45) is 1.85. The molecule has 0 spiro atoms. The number of oxazole rings is 1. The molecule has 1 atom stereocenters. The number of ether oxygens (including phenoxy) is 1. The molecular weight excluding hydrogens is 342 g/mol. The summed E-state index contributed by atoms with van der Waals surface area (Å²) in [6, 6.07) is 10.0. The van der Waals surface area contributed by atoms with E-state index in [0.717, 1.165) is 36.4 Å². The summed E-state index contributed by atoms with van der Waals surface area (Å²) < 4.78 is 11.2. The number of carbonyl (C=O) groups is 1. The normalized spacial score (nSPS) is 17.0. The molecule has 6 nitrogen and oxygen atoms in total. The van der Waals surface area contributed by atoms with Crippen molar-refractivity contribution in [3.05, 3.63) is 42.0 Å². The first-order chi connectivity index (χ1) is 13.1. The monoisotopic (exact) mass is 371 g/mol. The maximum atomic E-state index is 12.6. The smallest absolute Gasteiger partial charge is 0.237 e. The van der Waals surface area contributed by atoms with Crippen LogP contribution in [0.25, 0.3) is 11.3 Å². The van der Waals surface area contributed by atoms with Gasteiger partial charge in [-0.1, -0.05) is 44.2 Å². The summed E-state index contributed by atoms with van der Waals surface area (Å²) in [5.41, 5.74) is 1.94. The minimum absolute atomic E-state index is 0.0826. The Labute approximate surface area is 160 Å². The summed E-state index contributed by atoms with van der Waals surface area (Å²) >= 11 is 0. The fraction of sp³-hybridized carbons (Fsp3) is 0.524. The third-order valence-electron chi connectivity index (χ3n) is 4.86. The van der Waals surface area contributed by atoms with Gasteiger partial charge in [0.1, 0.15) is 17.5 Å². The van der Waals surface area contributed by atoms with Crippen molar-refractivity contribution in [2.45, 2.75) is 38.6 Å². The second-order valence-corrected chi connectivity index (χ2v) is 7.20. The van der Waals surface area contributed by atoms with Gasteiger partial charge in [0, 0.05) is 31.7 Å². The van der Waals surface area contributed by atoms with E-state index < -0.39 is 0 Å². The average Bonchev–Trinajstić information content (AvgIpc) is 3.32. The van der Waals surface area contributed by atoms with Crippen LogP contribution in [0, 0.1) is 0 Å². The average molecular weight is 371 g/mol. The number of rotatable bonds is 8. The molecule has 0 aliphatic carbocycles. The first-order valence-electron chi connectivity index (χ1n) is 9.67. The van der Waals surface area contributed by atoms with Crippen LogP contribution >= 0.6 is 0 Å². The van der Waals surface area contributed by atoms with Crippen molar-refractivity contribution in [1.82, 2.24) is 15.2 Å². The number of hydrogen-bond donors (Lipinski definition) is 1. The Morgan fingerprint density at radius 3 is 2.85 bits per heavy atom. The van der Waals surface area contributed by atoms with Crippen molar-refractivity contribution >= 4 is 5.91 Å². The number of likely N-dealkylation sites (tertiary alicyclic amines) is 1. The molecule has 0 saturated carbocycles. The van der Waals surface area contributed by atoms with Gasteiger partial charge in [0.2, 0.25) is 11.8 Å². The predicted molar refractivity (Wildman–Crippen MR) is 104 cm³/mol. The molecule has 3 rings (SSSR count). The van der Waals surface area contributed by atoms with Gasteiger partial charge in [-0.05, 0) is 12.8 Å². The number of nitrogens with zero attached hydrogens (tertiary/aromatic N) is 2. The summed E-state index contributed by atoms with van der Waals surface area (Å²) in [4.78, 5) is 19.4. The summed E-state index contributed by atoms with van der Waals surface area (Å²) in [7, 11) is 1.65. The fourth-order valence-corrected chi connectivity index (χ4v) is 3.48. The van der Waals surface area contributed by atoms with E-state index in [0.29, 0.717) is 25.6 Å². The van der Waals surface area contributed by atoms with Gasteiger partial charge in [0.15, 0.2) is 0 Å². The minimum Gasteiger partial charge on any atom is -0.442 e. The van der Waals surface area contributed by atoms with Gasteiger partial charge in [-0.15, -0.1) is 0 Å². The first-order valence-corrected chi connectivity index (χ1v) is 9.67. The quantitative estimate of drug-likeness (QED) is 0.721. The molecule has 6 heteroatoms. The molecule has 2 heterocycles. The van der Waals surface area contributed by atoms with Crippen LogP contribution in [0.4, 0.5) is 0 Å². The zero-order chi connectivity index (χ0) is 19.2. The molecule has 1 saturated heterocycles. The number of carbonyl (C=O) groups excluding carboxylic acids is 1. The largest absolute Gasteiger partial charge is 0.442 e. The van der Waals surface area contributed by atoms with Gasteiger partial charge < -0.3 is 19.4 Å². The molecule has 1 fully saturated rings. The van der Waals surface area contributed by atoms with Crippen molar-refractivity contribution in [2.75, 3.05) is 33.4 Å². The van der Waals surface area contributed by atoms with E-state index >= 15 is 0 Å². The van der Waals surface area contributed by atoms with E-state index in [9.17, 15) is 4.79 Å². The van der Waals surface area contributed by atoms with Gasteiger partial charge in [-0.3, -0.25) is 4.79 Å². The Kier molecular flexibility index (Phi) is 6.63. The molecule has 146 valence electrons. The van der Waals surface area contributed by atoms with E-state index in [1.54, 1.807) is 7.11 Å². The highest BCUT2D eigenvalue weighted by atomic mass is 16.5. The van der Waals surface area contributed by atoms with Crippen LogP contribution in [0.5, 0.6) is 0 Å². The molecule has 1 unspecified atom stereocenters.